The van der Waals surface area contributed by atoms with Crippen molar-refractivity contribution in [1.82, 2.24) is 15.2 Å². The van der Waals surface area contributed by atoms with Crippen LogP contribution < -0.4 is 14.8 Å². The number of carbonyl (C=O) groups excluding carboxylic acids is 1. The van der Waals surface area contributed by atoms with Gasteiger partial charge in [0.15, 0.2) is 5.82 Å². The fourth-order valence-corrected chi connectivity index (χ4v) is 3.05. The summed E-state index contributed by atoms with van der Waals surface area (Å²) in [5, 5.41) is 10.5. The van der Waals surface area contributed by atoms with E-state index in [1.165, 1.54) is 24.3 Å². The lowest BCUT2D eigenvalue weighted by Gasteiger charge is -2.07. The molecule has 7 nitrogen and oxygen atoms in total. The number of nitrogens with one attached hydrogen (secondary N) is 2. The number of nitrogens with zero attached hydrogens (tertiary/aromatic N) is 2. The van der Waals surface area contributed by atoms with Crippen molar-refractivity contribution < 1.29 is 23.0 Å². The van der Waals surface area contributed by atoms with E-state index in [9.17, 15) is 13.6 Å². The van der Waals surface area contributed by atoms with Crippen molar-refractivity contribution >= 4 is 35.0 Å². The van der Waals surface area contributed by atoms with E-state index in [1.807, 2.05) is 13.0 Å². The molecule has 3 rings (SSSR count). The van der Waals surface area contributed by atoms with Gasteiger partial charge in [0.05, 0.1) is 5.75 Å². The molecule has 2 N–H and O–H groups in total. The van der Waals surface area contributed by atoms with Crippen LogP contribution in [-0.2, 0) is 11.4 Å². The molecular formula is C19H17ClF2N4O3S. The molecule has 1 heterocycles. The van der Waals surface area contributed by atoms with Crippen molar-refractivity contribution in [2.24, 2.45) is 0 Å². The van der Waals surface area contributed by atoms with E-state index in [2.05, 4.69) is 25.2 Å². The topological polar surface area (TPSA) is 89.1 Å². The molecule has 2 aromatic carbocycles. The van der Waals surface area contributed by atoms with Gasteiger partial charge in [-0.05, 0) is 55.0 Å². The Morgan fingerprint density at radius 2 is 1.97 bits per heavy atom. The summed E-state index contributed by atoms with van der Waals surface area (Å²) in [7, 11) is 0. The van der Waals surface area contributed by atoms with Crippen LogP contribution in [0.2, 0.25) is 5.02 Å². The SMILES string of the molecule is Cc1cc(OCc2nc(SCC(=O)Nc3ccc(OC(F)F)cc3)n[nH]2)ccc1Cl. The summed E-state index contributed by atoms with van der Waals surface area (Å²) in [6.45, 7) is -0.822. The number of hydrogen-bond acceptors (Lipinski definition) is 6. The Balaban J connectivity index is 1.44. The number of aromatic nitrogens is 3. The van der Waals surface area contributed by atoms with E-state index in [-0.39, 0.29) is 24.0 Å². The van der Waals surface area contributed by atoms with Gasteiger partial charge in [0.25, 0.3) is 0 Å². The quantitative estimate of drug-likeness (QED) is 0.456. The highest BCUT2D eigenvalue weighted by atomic mass is 35.5. The van der Waals surface area contributed by atoms with Crippen LogP contribution in [0.25, 0.3) is 0 Å². The Bertz CT molecular complexity index is 1000. The summed E-state index contributed by atoms with van der Waals surface area (Å²) in [5.41, 5.74) is 1.37. The third kappa shape index (κ3) is 6.60. The van der Waals surface area contributed by atoms with Crippen LogP contribution in [0, 0.1) is 6.92 Å². The van der Waals surface area contributed by atoms with Gasteiger partial charge in [-0.25, -0.2) is 4.98 Å². The molecule has 0 saturated carbocycles. The third-order valence-corrected chi connectivity index (χ3v) is 4.98. The molecule has 0 aliphatic carbocycles. The number of H-pyrrole nitrogens is 1. The van der Waals surface area contributed by atoms with E-state index in [4.69, 9.17) is 16.3 Å². The van der Waals surface area contributed by atoms with Crippen molar-refractivity contribution in [3.05, 3.63) is 58.9 Å². The number of carbonyl (C=O) groups is 1. The average Bonchev–Trinajstić information content (AvgIpc) is 3.16. The lowest BCUT2D eigenvalue weighted by molar-refractivity contribution is -0.113. The lowest BCUT2D eigenvalue weighted by Crippen LogP contribution is -2.14. The number of anilines is 1. The van der Waals surface area contributed by atoms with E-state index in [1.54, 1.807) is 12.1 Å². The van der Waals surface area contributed by atoms with E-state index >= 15 is 0 Å². The molecular weight excluding hydrogens is 438 g/mol. The monoisotopic (exact) mass is 454 g/mol. The Kier molecular flexibility index (Phi) is 7.47. The maximum atomic E-state index is 12.1. The number of ether oxygens (including phenoxy) is 2. The van der Waals surface area contributed by atoms with Crippen molar-refractivity contribution in [3.8, 4) is 11.5 Å². The van der Waals surface area contributed by atoms with Crippen LogP contribution in [0.4, 0.5) is 14.5 Å². The molecule has 1 amide bonds. The van der Waals surface area contributed by atoms with Gasteiger partial charge in [-0.2, -0.15) is 8.78 Å². The average molecular weight is 455 g/mol. The fraction of sp³-hybridized carbons (Fsp3) is 0.211. The second-order valence-electron chi connectivity index (χ2n) is 6.00. The minimum absolute atomic E-state index is 0.0154. The van der Waals surface area contributed by atoms with Crippen LogP contribution >= 0.6 is 23.4 Å². The zero-order valence-electron chi connectivity index (χ0n) is 15.7. The van der Waals surface area contributed by atoms with Gasteiger partial charge in [-0.15, -0.1) is 5.10 Å². The molecule has 3 aromatic rings. The Labute approximate surface area is 180 Å². The number of amides is 1. The van der Waals surface area contributed by atoms with Crippen LogP contribution in [0.15, 0.2) is 47.6 Å². The summed E-state index contributed by atoms with van der Waals surface area (Å²) in [5.74, 6) is 0.972. The van der Waals surface area contributed by atoms with Gasteiger partial charge in [0.1, 0.15) is 18.1 Å². The number of aromatic amines is 1. The summed E-state index contributed by atoms with van der Waals surface area (Å²) < 4.78 is 34.2. The fourth-order valence-electron chi connectivity index (χ4n) is 2.31. The number of alkyl halides is 2. The van der Waals surface area contributed by atoms with Gasteiger partial charge in [-0.3, -0.25) is 9.89 Å². The van der Waals surface area contributed by atoms with Gasteiger partial charge in [0.2, 0.25) is 11.1 Å². The highest BCUT2D eigenvalue weighted by molar-refractivity contribution is 7.99. The van der Waals surface area contributed by atoms with Crippen molar-refractivity contribution in [2.75, 3.05) is 11.1 Å². The lowest BCUT2D eigenvalue weighted by atomic mass is 10.2. The molecule has 0 fully saturated rings. The smallest absolute Gasteiger partial charge is 0.387 e. The van der Waals surface area contributed by atoms with Crippen molar-refractivity contribution in [1.29, 1.82) is 0 Å². The van der Waals surface area contributed by atoms with E-state index in [0.29, 0.717) is 27.4 Å². The number of hydrogen-bond donors (Lipinski definition) is 2. The maximum absolute atomic E-state index is 12.1. The molecule has 30 heavy (non-hydrogen) atoms. The van der Waals surface area contributed by atoms with Gasteiger partial charge in [-0.1, -0.05) is 23.4 Å². The third-order valence-electron chi connectivity index (χ3n) is 3.71. The molecule has 11 heteroatoms. The highest BCUT2D eigenvalue weighted by Gasteiger charge is 2.10. The number of halogens is 3. The molecule has 158 valence electrons. The van der Waals surface area contributed by atoms with Crippen molar-refractivity contribution in [3.63, 3.8) is 0 Å². The first-order valence-corrected chi connectivity index (χ1v) is 10.0. The molecule has 0 spiro atoms. The molecule has 1 aromatic heterocycles. The second kappa shape index (κ2) is 10.3. The van der Waals surface area contributed by atoms with Crippen molar-refractivity contribution in [2.45, 2.75) is 25.3 Å². The standard InChI is InChI=1S/C19H17ClF2N4O3S/c1-11-8-14(6-7-15(11)20)28-9-16-24-19(26-25-16)30-10-17(27)23-12-2-4-13(5-3-12)29-18(21)22/h2-8,18H,9-10H2,1H3,(H,23,27)(H,24,25,26). The predicted molar refractivity (Wildman–Crippen MR) is 109 cm³/mol. The first kappa shape index (κ1) is 21.8. The number of rotatable bonds is 9. The first-order chi connectivity index (χ1) is 14.4. The molecule has 0 bridgehead atoms. The maximum Gasteiger partial charge on any atom is 0.387 e. The zero-order valence-corrected chi connectivity index (χ0v) is 17.3. The summed E-state index contributed by atoms with van der Waals surface area (Å²) in [6.07, 6.45) is 0. The summed E-state index contributed by atoms with van der Waals surface area (Å²) in [4.78, 5) is 16.3. The summed E-state index contributed by atoms with van der Waals surface area (Å²) in [6, 6.07) is 11.0. The first-order valence-electron chi connectivity index (χ1n) is 8.67. The number of aryl methyl sites for hydroxylation is 1. The molecule has 0 atom stereocenters. The largest absolute Gasteiger partial charge is 0.486 e. The van der Waals surface area contributed by atoms with Crippen LogP contribution in [0.5, 0.6) is 11.5 Å². The van der Waals surface area contributed by atoms with Crippen LogP contribution in [-0.4, -0.2) is 33.5 Å². The molecule has 0 aliphatic heterocycles. The molecule has 0 unspecified atom stereocenters. The predicted octanol–water partition coefficient (Wildman–Crippen LogP) is 4.68. The van der Waals surface area contributed by atoms with Crippen LogP contribution in [0.3, 0.4) is 0 Å². The molecule has 0 saturated heterocycles. The second-order valence-corrected chi connectivity index (χ2v) is 7.35. The van der Waals surface area contributed by atoms with Crippen LogP contribution in [0.1, 0.15) is 11.4 Å². The number of benzene rings is 2. The highest BCUT2D eigenvalue weighted by Crippen LogP contribution is 2.22. The van der Waals surface area contributed by atoms with E-state index < -0.39 is 6.61 Å². The minimum Gasteiger partial charge on any atom is -0.486 e. The molecule has 0 radical (unpaired) electrons. The van der Waals surface area contributed by atoms with Gasteiger partial charge >= 0.3 is 6.61 Å². The van der Waals surface area contributed by atoms with E-state index in [0.717, 1.165) is 17.3 Å². The van der Waals surface area contributed by atoms with Gasteiger partial charge < -0.3 is 14.8 Å². The summed E-state index contributed by atoms with van der Waals surface area (Å²) >= 11 is 7.13. The Hall–Kier alpha value is -2.85. The van der Waals surface area contributed by atoms with Gasteiger partial charge in [0, 0.05) is 10.7 Å². The Morgan fingerprint density at radius 3 is 2.67 bits per heavy atom. The number of thioether (sulfide) groups is 1. The normalized spacial score (nSPS) is 10.8. The zero-order chi connectivity index (χ0) is 21.5. The Morgan fingerprint density at radius 1 is 1.23 bits per heavy atom. The molecule has 0 aliphatic rings. The minimum atomic E-state index is -2.89.